The quantitative estimate of drug-likeness (QED) is 0.900. The van der Waals surface area contributed by atoms with Gasteiger partial charge in [0.1, 0.15) is 0 Å². The zero-order valence-corrected chi connectivity index (χ0v) is 14.4. The van der Waals surface area contributed by atoms with E-state index >= 15 is 0 Å². The summed E-state index contributed by atoms with van der Waals surface area (Å²) < 4.78 is 5.17. The highest BCUT2D eigenvalue weighted by atomic mass is 16.3. The normalized spacial score (nSPS) is 15.2. The first-order chi connectivity index (χ1) is 12.1. The fourth-order valence-corrected chi connectivity index (χ4v) is 2.98. The van der Waals surface area contributed by atoms with Crippen molar-refractivity contribution in [3.8, 4) is 0 Å². The van der Waals surface area contributed by atoms with Crippen molar-refractivity contribution >= 4 is 11.8 Å². The number of benzene rings is 1. The number of amides is 2. The number of carbonyl (C=O) groups is 2. The van der Waals surface area contributed by atoms with Crippen molar-refractivity contribution in [1.29, 1.82) is 0 Å². The lowest BCUT2D eigenvalue weighted by Gasteiger charge is -2.34. The molecule has 1 saturated heterocycles. The number of piperazine rings is 1. The Morgan fingerprint density at radius 1 is 1.08 bits per heavy atom. The van der Waals surface area contributed by atoms with Crippen molar-refractivity contribution in [2.75, 3.05) is 39.3 Å². The molecule has 1 aromatic carbocycles. The predicted octanol–water partition coefficient (Wildman–Crippen LogP) is 1.78. The van der Waals surface area contributed by atoms with Gasteiger partial charge < -0.3 is 14.6 Å². The van der Waals surface area contributed by atoms with Gasteiger partial charge in [-0.1, -0.05) is 18.2 Å². The van der Waals surface area contributed by atoms with Crippen LogP contribution in [0.3, 0.4) is 0 Å². The molecular formula is C19H23N3O3. The Morgan fingerprint density at radius 3 is 2.52 bits per heavy atom. The molecule has 0 spiro atoms. The zero-order chi connectivity index (χ0) is 17.6. The molecule has 0 radical (unpaired) electrons. The van der Waals surface area contributed by atoms with E-state index < -0.39 is 0 Å². The molecule has 0 atom stereocenters. The van der Waals surface area contributed by atoms with Gasteiger partial charge in [-0.15, -0.1) is 0 Å². The number of nitrogens with one attached hydrogen (secondary N) is 1. The van der Waals surface area contributed by atoms with Gasteiger partial charge in [-0.25, -0.2) is 0 Å². The van der Waals surface area contributed by atoms with Crippen LogP contribution in [0.4, 0.5) is 0 Å². The number of furan rings is 1. The summed E-state index contributed by atoms with van der Waals surface area (Å²) in [5, 5.41) is 2.97. The Hall–Kier alpha value is -2.60. The number of hydrogen-bond acceptors (Lipinski definition) is 4. The van der Waals surface area contributed by atoms with Gasteiger partial charge in [-0.3, -0.25) is 14.5 Å². The van der Waals surface area contributed by atoms with E-state index in [4.69, 9.17) is 4.42 Å². The van der Waals surface area contributed by atoms with E-state index in [0.717, 1.165) is 30.8 Å². The Balaban J connectivity index is 1.40. The monoisotopic (exact) mass is 341 g/mol. The van der Waals surface area contributed by atoms with Gasteiger partial charge in [0.2, 0.25) is 0 Å². The van der Waals surface area contributed by atoms with Crippen molar-refractivity contribution in [3.63, 3.8) is 0 Å². The highest BCUT2D eigenvalue weighted by Crippen LogP contribution is 2.09. The average molecular weight is 341 g/mol. The Kier molecular flexibility index (Phi) is 5.50. The summed E-state index contributed by atoms with van der Waals surface area (Å²) in [6.07, 6.45) is 1.51. The summed E-state index contributed by atoms with van der Waals surface area (Å²) in [6, 6.07) is 11.0. The minimum atomic E-state index is -0.0579. The van der Waals surface area contributed by atoms with Crippen LogP contribution in [0.5, 0.6) is 0 Å². The fraction of sp³-hybridized carbons (Fsp3) is 0.368. The predicted molar refractivity (Wildman–Crippen MR) is 94.6 cm³/mol. The molecule has 2 heterocycles. The van der Waals surface area contributed by atoms with Crippen LogP contribution in [0.1, 0.15) is 26.5 Å². The van der Waals surface area contributed by atoms with Crippen LogP contribution >= 0.6 is 0 Å². The van der Waals surface area contributed by atoms with E-state index in [1.807, 2.05) is 31.2 Å². The number of hydrogen-bond donors (Lipinski definition) is 1. The van der Waals surface area contributed by atoms with E-state index in [0.29, 0.717) is 25.4 Å². The topological polar surface area (TPSA) is 65.8 Å². The van der Waals surface area contributed by atoms with E-state index in [9.17, 15) is 9.59 Å². The molecule has 0 saturated carbocycles. The van der Waals surface area contributed by atoms with Crippen LogP contribution in [-0.2, 0) is 0 Å². The molecule has 2 amide bonds. The maximum atomic E-state index is 12.2. The van der Waals surface area contributed by atoms with E-state index in [-0.39, 0.29) is 11.8 Å². The SMILES string of the molecule is Cc1ccccc1C(=O)NCCN1CCN(C(=O)c2ccco2)CC1. The lowest BCUT2D eigenvalue weighted by Crippen LogP contribution is -2.50. The molecule has 2 aromatic rings. The lowest BCUT2D eigenvalue weighted by atomic mass is 10.1. The van der Waals surface area contributed by atoms with Crippen LogP contribution in [-0.4, -0.2) is 60.9 Å². The maximum absolute atomic E-state index is 12.2. The summed E-state index contributed by atoms with van der Waals surface area (Å²) in [5.74, 6) is 0.293. The number of nitrogens with zero attached hydrogens (tertiary/aromatic N) is 2. The summed E-state index contributed by atoms with van der Waals surface area (Å²) in [4.78, 5) is 28.5. The molecule has 0 bridgehead atoms. The van der Waals surface area contributed by atoms with Gasteiger partial charge in [0.05, 0.1) is 6.26 Å². The van der Waals surface area contributed by atoms with Crippen LogP contribution in [0, 0.1) is 6.92 Å². The smallest absolute Gasteiger partial charge is 0.289 e. The van der Waals surface area contributed by atoms with Crippen LogP contribution in [0.2, 0.25) is 0 Å². The lowest BCUT2D eigenvalue weighted by molar-refractivity contribution is 0.0607. The zero-order valence-electron chi connectivity index (χ0n) is 14.4. The van der Waals surface area contributed by atoms with E-state index in [1.165, 1.54) is 6.26 Å². The minimum absolute atomic E-state index is 0.0373. The Bertz CT molecular complexity index is 719. The summed E-state index contributed by atoms with van der Waals surface area (Å²) in [5.41, 5.74) is 1.70. The van der Waals surface area contributed by atoms with Gasteiger partial charge in [0.15, 0.2) is 5.76 Å². The molecule has 6 heteroatoms. The molecule has 0 unspecified atom stereocenters. The second-order valence-corrected chi connectivity index (χ2v) is 6.18. The second-order valence-electron chi connectivity index (χ2n) is 6.18. The van der Waals surface area contributed by atoms with Crippen molar-refractivity contribution < 1.29 is 14.0 Å². The minimum Gasteiger partial charge on any atom is -0.459 e. The molecule has 1 aliphatic heterocycles. The third-order valence-corrected chi connectivity index (χ3v) is 4.49. The molecule has 1 aromatic heterocycles. The van der Waals surface area contributed by atoms with Crippen LogP contribution in [0.25, 0.3) is 0 Å². The molecule has 0 aliphatic carbocycles. The molecule has 1 N–H and O–H groups in total. The van der Waals surface area contributed by atoms with Crippen molar-refractivity contribution in [1.82, 2.24) is 15.1 Å². The van der Waals surface area contributed by atoms with Gasteiger partial charge in [-0.2, -0.15) is 0 Å². The molecule has 25 heavy (non-hydrogen) atoms. The molecule has 132 valence electrons. The molecule has 6 nitrogen and oxygen atoms in total. The fourth-order valence-electron chi connectivity index (χ4n) is 2.98. The molecule has 1 fully saturated rings. The Labute approximate surface area is 147 Å². The highest BCUT2D eigenvalue weighted by molar-refractivity contribution is 5.95. The summed E-state index contributed by atoms with van der Waals surface area (Å²) >= 11 is 0. The van der Waals surface area contributed by atoms with Crippen LogP contribution < -0.4 is 5.32 Å². The first-order valence-corrected chi connectivity index (χ1v) is 8.54. The number of rotatable bonds is 5. The number of carbonyl (C=O) groups excluding carboxylic acids is 2. The third kappa shape index (κ3) is 4.28. The molecule has 3 rings (SSSR count). The largest absolute Gasteiger partial charge is 0.459 e. The van der Waals surface area contributed by atoms with Crippen LogP contribution in [0.15, 0.2) is 47.1 Å². The van der Waals surface area contributed by atoms with Gasteiger partial charge in [0.25, 0.3) is 11.8 Å². The van der Waals surface area contributed by atoms with Gasteiger partial charge in [0, 0.05) is 44.8 Å². The first-order valence-electron chi connectivity index (χ1n) is 8.54. The summed E-state index contributed by atoms with van der Waals surface area (Å²) in [7, 11) is 0. The van der Waals surface area contributed by atoms with Gasteiger partial charge >= 0.3 is 0 Å². The molecular weight excluding hydrogens is 318 g/mol. The van der Waals surface area contributed by atoms with Crippen molar-refractivity contribution in [3.05, 3.63) is 59.5 Å². The summed E-state index contributed by atoms with van der Waals surface area (Å²) in [6.45, 7) is 6.25. The average Bonchev–Trinajstić information content (AvgIpc) is 3.16. The second kappa shape index (κ2) is 7.98. The maximum Gasteiger partial charge on any atom is 0.289 e. The van der Waals surface area contributed by atoms with E-state index in [2.05, 4.69) is 10.2 Å². The third-order valence-electron chi connectivity index (χ3n) is 4.49. The standard InChI is InChI=1S/C19H23N3O3/c1-15-5-2-3-6-16(15)18(23)20-8-9-21-10-12-22(13-11-21)19(24)17-7-4-14-25-17/h2-7,14H,8-13H2,1H3,(H,20,23). The van der Waals surface area contributed by atoms with Gasteiger partial charge in [-0.05, 0) is 30.7 Å². The highest BCUT2D eigenvalue weighted by Gasteiger charge is 2.23. The molecule has 1 aliphatic rings. The van der Waals surface area contributed by atoms with Crippen molar-refractivity contribution in [2.24, 2.45) is 0 Å². The first kappa shape index (κ1) is 17.2. The van der Waals surface area contributed by atoms with E-state index in [1.54, 1.807) is 17.0 Å². The van der Waals surface area contributed by atoms with Crippen molar-refractivity contribution in [2.45, 2.75) is 6.92 Å². The number of aryl methyl sites for hydroxylation is 1. The Morgan fingerprint density at radius 2 is 1.84 bits per heavy atom.